The van der Waals surface area contributed by atoms with E-state index >= 15 is 0 Å². The summed E-state index contributed by atoms with van der Waals surface area (Å²) >= 11 is 0. The number of ether oxygens (including phenoxy) is 1. The molecule has 0 spiro atoms. The number of aromatic nitrogens is 1. The summed E-state index contributed by atoms with van der Waals surface area (Å²) in [5.74, 6) is -2.50. The van der Waals surface area contributed by atoms with Crippen LogP contribution in [0.1, 0.15) is 58.4 Å². The first-order valence-electron chi connectivity index (χ1n) is 10.3. The number of benzene rings is 1. The molecule has 5 nitrogen and oxygen atoms in total. The van der Waals surface area contributed by atoms with E-state index in [1.807, 2.05) is 6.92 Å². The largest absolute Gasteiger partial charge is 0.420 e. The fourth-order valence-corrected chi connectivity index (χ4v) is 4.97. The van der Waals surface area contributed by atoms with Crippen molar-refractivity contribution >= 4 is 23.5 Å². The standard InChI is InChI=1S/C21H28F2N2O3.ClH/c1-3-27-15-4-8-21(2,9-5-15)24-10-6-14(7-11-24)25-18-12-16(22)17(23)13-19(18)28-20(25)26;/h12-15H,3-11H2,1-2H3;1H. The lowest BCUT2D eigenvalue weighted by Gasteiger charge is -2.48. The van der Waals surface area contributed by atoms with Crippen LogP contribution < -0.4 is 5.76 Å². The molecule has 2 aliphatic rings. The molecule has 0 N–H and O–H groups in total. The van der Waals surface area contributed by atoms with E-state index in [2.05, 4.69) is 11.8 Å². The quantitative estimate of drug-likeness (QED) is 0.707. The highest BCUT2D eigenvalue weighted by molar-refractivity contribution is 5.85. The van der Waals surface area contributed by atoms with Gasteiger partial charge in [-0.1, -0.05) is 0 Å². The summed E-state index contributed by atoms with van der Waals surface area (Å²) in [6, 6.07) is 1.96. The van der Waals surface area contributed by atoms with Gasteiger partial charge in [0.2, 0.25) is 0 Å². The topological polar surface area (TPSA) is 47.6 Å². The van der Waals surface area contributed by atoms with Crippen LogP contribution in [0.3, 0.4) is 0 Å². The minimum Gasteiger partial charge on any atom is -0.408 e. The van der Waals surface area contributed by atoms with Crippen molar-refractivity contribution in [1.82, 2.24) is 9.47 Å². The number of piperidine rings is 1. The van der Waals surface area contributed by atoms with Crippen LogP contribution in [0.5, 0.6) is 0 Å². The Bertz CT molecular complexity index is 897. The molecule has 1 aliphatic heterocycles. The molecule has 2 heterocycles. The predicted molar refractivity (Wildman–Crippen MR) is 110 cm³/mol. The van der Waals surface area contributed by atoms with Gasteiger partial charge in [-0.3, -0.25) is 9.47 Å². The molecule has 1 saturated heterocycles. The van der Waals surface area contributed by atoms with Crippen molar-refractivity contribution < 1.29 is 17.9 Å². The first kappa shape index (κ1) is 22.2. The maximum atomic E-state index is 13.7. The minimum atomic E-state index is -1.00. The highest BCUT2D eigenvalue weighted by Gasteiger charge is 2.38. The van der Waals surface area contributed by atoms with Crippen LogP contribution in [0.2, 0.25) is 0 Å². The van der Waals surface area contributed by atoms with Crippen molar-refractivity contribution in [1.29, 1.82) is 0 Å². The Morgan fingerprint density at radius 3 is 2.38 bits per heavy atom. The Kier molecular flexibility index (Phi) is 6.70. The van der Waals surface area contributed by atoms with Gasteiger partial charge >= 0.3 is 5.76 Å². The molecular formula is C21H29ClF2N2O3. The fourth-order valence-electron chi connectivity index (χ4n) is 4.97. The van der Waals surface area contributed by atoms with E-state index in [4.69, 9.17) is 9.15 Å². The van der Waals surface area contributed by atoms with Crippen molar-refractivity contribution in [3.05, 3.63) is 34.3 Å². The molecule has 1 aromatic carbocycles. The lowest BCUT2D eigenvalue weighted by molar-refractivity contribution is -0.0274. The van der Waals surface area contributed by atoms with Gasteiger partial charge in [0.05, 0.1) is 11.6 Å². The summed E-state index contributed by atoms with van der Waals surface area (Å²) < 4.78 is 39.6. The third kappa shape index (κ3) is 4.23. The molecule has 2 fully saturated rings. The van der Waals surface area contributed by atoms with E-state index in [1.54, 1.807) is 0 Å². The molecule has 29 heavy (non-hydrogen) atoms. The number of fused-ring (bicyclic) bond motifs is 1. The van der Waals surface area contributed by atoms with Crippen LogP contribution in [-0.2, 0) is 4.74 Å². The van der Waals surface area contributed by atoms with Gasteiger partial charge in [0.1, 0.15) is 0 Å². The van der Waals surface area contributed by atoms with Crippen molar-refractivity contribution in [3.63, 3.8) is 0 Å². The Labute approximate surface area is 175 Å². The zero-order valence-corrected chi connectivity index (χ0v) is 17.8. The molecule has 0 radical (unpaired) electrons. The maximum Gasteiger partial charge on any atom is 0.420 e. The Balaban J connectivity index is 0.00000240. The lowest BCUT2D eigenvalue weighted by Crippen LogP contribution is -2.52. The summed E-state index contributed by atoms with van der Waals surface area (Å²) in [5.41, 5.74) is 0.607. The minimum absolute atomic E-state index is 0. The number of rotatable bonds is 4. The number of nitrogens with zero attached hydrogens (tertiary/aromatic N) is 2. The molecule has 0 unspecified atom stereocenters. The van der Waals surface area contributed by atoms with Crippen molar-refractivity contribution in [3.8, 4) is 0 Å². The Morgan fingerprint density at radius 1 is 1.14 bits per heavy atom. The zero-order chi connectivity index (χ0) is 19.9. The van der Waals surface area contributed by atoms with Gasteiger partial charge in [-0.15, -0.1) is 12.4 Å². The zero-order valence-electron chi connectivity index (χ0n) is 17.0. The van der Waals surface area contributed by atoms with Crippen LogP contribution in [0, 0.1) is 11.6 Å². The van der Waals surface area contributed by atoms with Gasteiger partial charge in [-0.25, -0.2) is 13.6 Å². The highest BCUT2D eigenvalue weighted by Crippen LogP contribution is 2.38. The molecule has 1 saturated carbocycles. The first-order valence-corrected chi connectivity index (χ1v) is 10.3. The third-order valence-electron chi connectivity index (χ3n) is 6.66. The molecule has 1 aromatic heterocycles. The second kappa shape index (κ2) is 8.74. The van der Waals surface area contributed by atoms with E-state index < -0.39 is 17.4 Å². The number of hydrogen-bond donors (Lipinski definition) is 0. The summed E-state index contributed by atoms with van der Waals surface area (Å²) in [4.78, 5) is 14.9. The maximum absolute atomic E-state index is 13.7. The van der Waals surface area contributed by atoms with Gasteiger partial charge in [-0.05, 0) is 52.4 Å². The van der Waals surface area contributed by atoms with Crippen LogP contribution in [0.25, 0.3) is 11.1 Å². The SMILES string of the molecule is CCOC1CCC(C)(N2CCC(n3c(=O)oc4cc(F)c(F)cc43)CC2)CC1.Cl. The average molecular weight is 431 g/mol. The molecule has 1 aliphatic carbocycles. The average Bonchev–Trinajstić information content (AvgIpc) is 2.99. The molecule has 0 amide bonds. The monoisotopic (exact) mass is 430 g/mol. The van der Waals surface area contributed by atoms with Gasteiger partial charge in [-0.2, -0.15) is 0 Å². The summed E-state index contributed by atoms with van der Waals surface area (Å²) in [5, 5.41) is 0. The second-order valence-corrected chi connectivity index (χ2v) is 8.34. The van der Waals surface area contributed by atoms with Crippen LogP contribution in [0.4, 0.5) is 8.78 Å². The van der Waals surface area contributed by atoms with E-state index in [1.165, 1.54) is 4.57 Å². The lowest BCUT2D eigenvalue weighted by atomic mass is 9.79. The fraction of sp³-hybridized carbons (Fsp3) is 0.667. The number of likely N-dealkylation sites (tertiary alicyclic amines) is 1. The number of hydrogen-bond acceptors (Lipinski definition) is 4. The first-order chi connectivity index (χ1) is 13.4. The highest BCUT2D eigenvalue weighted by atomic mass is 35.5. The molecule has 0 atom stereocenters. The summed E-state index contributed by atoms with van der Waals surface area (Å²) in [6.07, 6.45) is 6.35. The molecule has 0 bridgehead atoms. The second-order valence-electron chi connectivity index (χ2n) is 8.34. The van der Waals surface area contributed by atoms with Gasteiger partial charge < -0.3 is 9.15 Å². The molecule has 4 rings (SSSR count). The Morgan fingerprint density at radius 2 is 1.76 bits per heavy atom. The summed E-state index contributed by atoms with van der Waals surface area (Å²) in [6.45, 7) is 6.89. The normalized spacial score (nSPS) is 26.6. The number of oxazole rings is 1. The smallest absolute Gasteiger partial charge is 0.408 e. The van der Waals surface area contributed by atoms with Crippen LogP contribution in [-0.4, -0.2) is 40.8 Å². The summed E-state index contributed by atoms with van der Waals surface area (Å²) in [7, 11) is 0. The van der Waals surface area contributed by atoms with E-state index in [0.29, 0.717) is 11.6 Å². The van der Waals surface area contributed by atoms with E-state index in [-0.39, 0.29) is 29.6 Å². The molecule has 162 valence electrons. The molecule has 2 aromatic rings. The van der Waals surface area contributed by atoms with Crippen molar-refractivity contribution in [2.24, 2.45) is 0 Å². The molecule has 8 heteroatoms. The Hall–Kier alpha value is -1.44. The molecular weight excluding hydrogens is 402 g/mol. The van der Waals surface area contributed by atoms with Gasteiger partial charge in [0.25, 0.3) is 0 Å². The van der Waals surface area contributed by atoms with Gasteiger partial charge in [0, 0.05) is 43.4 Å². The van der Waals surface area contributed by atoms with Gasteiger partial charge in [0.15, 0.2) is 17.2 Å². The van der Waals surface area contributed by atoms with Crippen LogP contribution in [0.15, 0.2) is 21.3 Å². The predicted octanol–water partition coefficient (Wildman–Crippen LogP) is 4.67. The third-order valence-corrected chi connectivity index (χ3v) is 6.66. The van der Waals surface area contributed by atoms with Crippen molar-refractivity contribution in [2.45, 2.75) is 70.1 Å². The van der Waals surface area contributed by atoms with Crippen LogP contribution >= 0.6 is 12.4 Å². The van der Waals surface area contributed by atoms with E-state index in [0.717, 1.165) is 70.4 Å². The number of halogens is 3. The van der Waals surface area contributed by atoms with Crippen molar-refractivity contribution in [2.75, 3.05) is 19.7 Å². The van der Waals surface area contributed by atoms with E-state index in [9.17, 15) is 13.6 Å².